The van der Waals surface area contributed by atoms with Gasteiger partial charge in [-0.25, -0.2) is 8.78 Å². The normalized spacial score (nSPS) is 11.6. The Kier molecular flexibility index (Phi) is 7.10. The van der Waals surface area contributed by atoms with Crippen molar-refractivity contribution in [3.8, 4) is 0 Å². The van der Waals surface area contributed by atoms with Crippen LogP contribution in [0.15, 0.2) is 48.5 Å². The SMILES string of the molecule is CCP(=O)(OCCc1ccccc1F)OCCc1ccccc1F. The third kappa shape index (κ3) is 5.52. The average Bonchev–Trinajstić information content (AvgIpc) is 2.58. The van der Waals surface area contributed by atoms with E-state index < -0.39 is 7.60 Å². The molecule has 6 heteroatoms. The van der Waals surface area contributed by atoms with Crippen LogP contribution < -0.4 is 0 Å². The quantitative estimate of drug-likeness (QED) is 0.595. The van der Waals surface area contributed by atoms with E-state index in [2.05, 4.69) is 0 Å². The van der Waals surface area contributed by atoms with E-state index in [0.29, 0.717) is 24.0 Å². The predicted molar refractivity (Wildman–Crippen MR) is 90.3 cm³/mol. The minimum atomic E-state index is -3.25. The van der Waals surface area contributed by atoms with Crippen LogP contribution in [-0.2, 0) is 26.5 Å². The van der Waals surface area contributed by atoms with Crippen LogP contribution in [0.25, 0.3) is 0 Å². The van der Waals surface area contributed by atoms with Gasteiger partial charge in [-0.15, -0.1) is 0 Å². The van der Waals surface area contributed by atoms with Crippen LogP contribution in [0.4, 0.5) is 8.78 Å². The van der Waals surface area contributed by atoms with Gasteiger partial charge < -0.3 is 9.05 Å². The Hall–Kier alpha value is -1.55. The van der Waals surface area contributed by atoms with Gasteiger partial charge in [-0.1, -0.05) is 43.3 Å². The van der Waals surface area contributed by atoms with Gasteiger partial charge in [-0.05, 0) is 36.1 Å². The van der Waals surface area contributed by atoms with Gasteiger partial charge in [0.2, 0.25) is 0 Å². The highest BCUT2D eigenvalue weighted by Crippen LogP contribution is 2.47. The first kappa shape index (κ1) is 18.8. The largest absolute Gasteiger partial charge is 0.330 e. The van der Waals surface area contributed by atoms with Crippen molar-refractivity contribution in [2.24, 2.45) is 0 Å². The maximum absolute atomic E-state index is 13.5. The molecule has 0 N–H and O–H groups in total. The Bertz CT molecular complexity index is 651. The van der Waals surface area contributed by atoms with Crippen molar-refractivity contribution in [3.05, 3.63) is 71.3 Å². The molecule has 0 unspecified atom stereocenters. The molecule has 0 atom stereocenters. The lowest BCUT2D eigenvalue weighted by molar-refractivity contribution is 0.207. The third-order valence-electron chi connectivity index (χ3n) is 3.62. The molecule has 0 aliphatic carbocycles. The highest BCUT2D eigenvalue weighted by atomic mass is 31.2. The molecule has 0 amide bonds. The first-order valence-electron chi connectivity index (χ1n) is 7.89. The lowest BCUT2D eigenvalue weighted by atomic mass is 10.1. The first-order chi connectivity index (χ1) is 11.5. The summed E-state index contributed by atoms with van der Waals surface area (Å²) >= 11 is 0. The number of hydrogen-bond donors (Lipinski definition) is 0. The third-order valence-corrected chi connectivity index (χ3v) is 5.55. The van der Waals surface area contributed by atoms with Crippen molar-refractivity contribution in [1.29, 1.82) is 0 Å². The second-order valence-electron chi connectivity index (χ2n) is 5.28. The summed E-state index contributed by atoms with van der Waals surface area (Å²) in [4.78, 5) is 0. The summed E-state index contributed by atoms with van der Waals surface area (Å²) in [5, 5.41) is 0. The smallest absolute Gasteiger partial charge is 0.308 e. The minimum Gasteiger partial charge on any atom is -0.308 e. The van der Waals surface area contributed by atoms with Gasteiger partial charge in [0.25, 0.3) is 0 Å². The highest BCUT2D eigenvalue weighted by Gasteiger charge is 2.22. The van der Waals surface area contributed by atoms with Gasteiger partial charge in [-0.2, -0.15) is 0 Å². The van der Waals surface area contributed by atoms with Gasteiger partial charge >= 0.3 is 7.60 Å². The second-order valence-corrected chi connectivity index (χ2v) is 7.65. The molecule has 0 aliphatic rings. The highest BCUT2D eigenvalue weighted by molar-refractivity contribution is 7.53. The summed E-state index contributed by atoms with van der Waals surface area (Å²) in [6.45, 7) is 1.91. The Morgan fingerprint density at radius 2 is 1.25 bits per heavy atom. The van der Waals surface area contributed by atoms with Crippen LogP contribution in [-0.4, -0.2) is 19.4 Å². The molecule has 130 valence electrons. The van der Waals surface area contributed by atoms with Crippen LogP contribution in [0.2, 0.25) is 0 Å². The molecule has 0 aliphatic heterocycles. The van der Waals surface area contributed by atoms with E-state index in [0.717, 1.165) is 0 Å². The molecule has 0 saturated heterocycles. The first-order valence-corrected chi connectivity index (χ1v) is 9.62. The topological polar surface area (TPSA) is 35.5 Å². The van der Waals surface area contributed by atoms with Crippen molar-refractivity contribution in [2.75, 3.05) is 19.4 Å². The Labute approximate surface area is 141 Å². The summed E-state index contributed by atoms with van der Waals surface area (Å²) in [5.74, 6) is -0.624. The van der Waals surface area contributed by atoms with Gasteiger partial charge in [0.1, 0.15) is 11.6 Å². The van der Waals surface area contributed by atoms with E-state index in [1.165, 1.54) is 12.1 Å². The zero-order valence-corrected chi connectivity index (χ0v) is 14.5. The zero-order chi connectivity index (χ0) is 17.4. The van der Waals surface area contributed by atoms with Crippen LogP contribution >= 0.6 is 7.60 Å². The summed E-state index contributed by atoms with van der Waals surface area (Å²) in [6, 6.07) is 12.8. The molecule has 0 heterocycles. The van der Waals surface area contributed by atoms with E-state index >= 15 is 0 Å². The minimum absolute atomic E-state index is 0.103. The molecule has 0 saturated carbocycles. The molecule has 0 spiro atoms. The van der Waals surface area contributed by atoms with Gasteiger partial charge in [-0.3, -0.25) is 4.57 Å². The van der Waals surface area contributed by atoms with Gasteiger partial charge in [0, 0.05) is 6.16 Å². The van der Waals surface area contributed by atoms with Gasteiger partial charge in [0.05, 0.1) is 13.2 Å². The molecule has 2 rings (SSSR count). The fourth-order valence-electron chi connectivity index (χ4n) is 2.21. The van der Waals surface area contributed by atoms with Gasteiger partial charge in [0.15, 0.2) is 0 Å². The number of halogens is 2. The summed E-state index contributed by atoms with van der Waals surface area (Å²) in [6.07, 6.45) is 0.836. The van der Waals surface area contributed by atoms with E-state index in [1.807, 2.05) is 0 Å². The van der Waals surface area contributed by atoms with Crippen molar-refractivity contribution in [3.63, 3.8) is 0 Å². The van der Waals surface area contributed by atoms with Crippen LogP contribution in [0, 0.1) is 11.6 Å². The molecule has 2 aromatic rings. The zero-order valence-electron chi connectivity index (χ0n) is 13.6. The molecule has 0 aromatic heterocycles. The standard InChI is InChI=1S/C18H21F2O3P/c1-2-24(21,22-13-11-15-7-3-5-9-17(15)19)23-14-12-16-8-4-6-10-18(16)20/h3-10H,2,11-14H2,1H3. The lowest BCUT2D eigenvalue weighted by Gasteiger charge is -2.17. The predicted octanol–water partition coefficient (Wildman–Crippen LogP) is 5.00. The van der Waals surface area contributed by atoms with E-state index in [1.54, 1.807) is 43.3 Å². The fourth-order valence-corrected chi connectivity index (χ4v) is 3.39. The van der Waals surface area contributed by atoms with Crippen molar-refractivity contribution in [2.45, 2.75) is 19.8 Å². The number of benzene rings is 2. The molecule has 0 bridgehead atoms. The Morgan fingerprint density at radius 1 is 0.833 bits per heavy atom. The summed E-state index contributed by atoms with van der Waals surface area (Å²) < 4.78 is 50.3. The van der Waals surface area contributed by atoms with Crippen LogP contribution in [0.3, 0.4) is 0 Å². The summed E-state index contributed by atoms with van der Waals surface area (Å²) in [7, 11) is -3.25. The van der Waals surface area contributed by atoms with Crippen LogP contribution in [0.1, 0.15) is 18.1 Å². The van der Waals surface area contributed by atoms with E-state index in [-0.39, 0.29) is 31.0 Å². The molecule has 0 fully saturated rings. The molecule has 3 nitrogen and oxygen atoms in total. The van der Waals surface area contributed by atoms with Crippen molar-refractivity contribution in [1.82, 2.24) is 0 Å². The molecular weight excluding hydrogens is 333 g/mol. The molecule has 0 radical (unpaired) electrons. The van der Waals surface area contributed by atoms with E-state index in [4.69, 9.17) is 9.05 Å². The Balaban J connectivity index is 1.81. The summed E-state index contributed by atoms with van der Waals surface area (Å²) in [5.41, 5.74) is 1.01. The maximum Gasteiger partial charge on any atom is 0.330 e. The molecule has 24 heavy (non-hydrogen) atoms. The van der Waals surface area contributed by atoms with Crippen molar-refractivity contribution < 1.29 is 22.4 Å². The maximum atomic E-state index is 13.5. The average molecular weight is 354 g/mol. The molecule has 2 aromatic carbocycles. The monoisotopic (exact) mass is 354 g/mol. The fraction of sp³-hybridized carbons (Fsp3) is 0.333. The number of hydrogen-bond acceptors (Lipinski definition) is 3. The van der Waals surface area contributed by atoms with Crippen molar-refractivity contribution >= 4 is 7.60 Å². The number of rotatable bonds is 9. The Morgan fingerprint density at radius 3 is 1.62 bits per heavy atom. The van der Waals surface area contributed by atoms with E-state index in [9.17, 15) is 13.3 Å². The second kappa shape index (κ2) is 9.07. The molecular formula is C18H21F2O3P. The lowest BCUT2D eigenvalue weighted by Crippen LogP contribution is -2.06. The van der Waals surface area contributed by atoms with Crippen LogP contribution in [0.5, 0.6) is 0 Å².